The first-order valence-electron chi connectivity index (χ1n) is 12.1. The van der Waals surface area contributed by atoms with Crippen LogP contribution in [0.5, 0.6) is 11.5 Å². The molecule has 1 fully saturated rings. The maximum absolute atomic E-state index is 14.2. The van der Waals surface area contributed by atoms with Gasteiger partial charge in [-0.1, -0.05) is 0 Å². The number of carbonyl (C=O) groups excluding carboxylic acids is 1. The van der Waals surface area contributed by atoms with Crippen LogP contribution in [0, 0.1) is 0 Å². The summed E-state index contributed by atoms with van der Waals surface area (Å²) < 4.78 is 81.6. The van der Waals surface area contributed by atoms with Crippen molar-refractivity contribution in [1.82, 2.24) is 9.78 Å². The molecule has 2 amide bonds. The van der Waals surface area contributed by atoms with E-state index in [9.17, 15) is 31.5 Å². The SMILES string of the molecule is COc1cc(OC)cc(-c2nn(-c3cc(N4CCC(F)(F)C4)ccc3C(F)(F)F)c(=O)c3c2CCN3C(N)=O)c1. The fraction of sp³-hybridized carbons (Fsp3) is 0.346. The summed E-state index contributed by atoms with van der Waals surface area (Å²) >= 11 is 0. The highest BCUT2D eigenvalue weighted by atomic mass is 19.4. The Morgan fingerprint density at radius 2 is 1.73 bits per heavy atom. The summed E-state index contributed by atoms with van der Waals surface area (Å²) in [7, 11) is 2.82. The van der Waals surface area contributed by atoms with Crippen LogP contribution >= 0.6 is 0 Å². The molecule has 2 N–H and O–H groups in total. The van der Waals surface area contributed by atoms with Gasteiger partial charge in [-0.05, 0) is 36.8 Å². The number of primary amides is 1. The Hall–Kier alpha value is -4.36. The first kappa shape index (κ1) is 27.2. The van der Waals surface area contributed by atoms with E-state index in [-0.39, 0.29) is 36.6 Å². The number of carbonyl (C=O) groups is 1. The number of rotatable bonds is 5. The zero-order chi connectivity index (χ0) is 29.0. The van der Waals surface area contributed by atoms with Crippen molar-refractivity contribution in [3.63, 3.8) is 0 Å². The van der Waals surface area contributed by atoms with Gasteiger partial charge in [0.1, 0.15) is 17.2 Å². The van der Waals surface area contributed by atoms with Crippen LogP contribution < -0.4 is 30.6 Å². The molecule has 40 heavy (non-hydrogen) atoms. The van der Waals surface area contributed by atoms with Gasteiger partial charge in [-0.15, -0.1) is 0 Å². The number of amides is 2. The largest absolute Gasteiger partial charge is 0.497 e. The van der Waals surface area contributed by atoms with Crippen LogP contribution in [0.15, 0.2) is 41.2 Å². The van der Waals surface area contributed by atoms with Gasteiger partial charge in [0, 0.05) is 42.4 Å². The van der Waals surface area contributed by atoms with E-state index in [4.69, 9.17) is 15.2 Å². The highest BCUT2D eigenvalue weighted by Crippen LogP contribution is 2.40. The summed E-state index contributed by atoms with van der Waals surface area (Å²) in [6.45, 7) is -0.766. The number of aromatic nitrogens is 2. The number of methoxy groups -OCH3 is 2. The molecule has 14 heteroatoms. The molecule has 5 rings (SSSR count). The molecule has 2 aromatic carbocycles. The van der Waals surface area contributed by atoms with Crippen molar-refractivity contribution in [2.24, 2.45) is 5.73 Å². The summed E-state index contributed by atoms with van der Waals surface area (Å²) in [4.78, 5) is 28.2. The fourth-order valence-electron chi connectivity index (χ4n) is 5.05. The molecule has 0 atom stereocenters. The van der Waals surface area contributed by atoms with Crippen molar-refractivity contribution in [2.75, 3.05) is 43.7 Å². The van der Waals surface area contributed by atoms with Crippen LogP contribution in [0.4, 0.5) is 38.1 Å². The zero-order valence-corrected chi connectivity index (χ0v) is 21.4. The molecule has 0 unspecified atom stereocenters. The minimum absolute atomic E-state index is 0.00866. The van der Waals surface area contributed by atoms with E-state index in [0.717, 1.165) is 23.1 Å². The number of anilines is 2. The highest BCUT2D eigenvalue weighted by Gasteiger charge is 2.40. The molecule has 3 aromatic rings. The number of nitrogens with two attached hydrogens (primary N) is 1. The number of hydrogen-bond acceptors (Lipinski definition) is 6. The lowest BCUT2D eigenvalue weighted by Crippen LogP contribution is -2.39. The monoisotopic (exact) mass is 565 g/mol. The summed E-state index contributed by atoms with van der Waals surface area (Å²) in [5, 5.41) is 4.35. The van der Waals surface area contributed by atoms with Gasteiger partial charge in [0.25, 0.3) is 11.5 Å². The molecule has 2 aliphatic rings. The summed E-state index contributed by atoms with van der Waals surface area (Å²) in [5.41, 5.74) is 3.19. The van der Waals surface area contributed by atoms with Crippen LogP contribution in [-0.4, -0.2) is 55.6 Å². The van der Waals surface area contributed by atoms with E-state index in [1.807, 2.05) is 0 Å². The van der Waals surface area contributed by atoms with Crippen LogP contribution in [0.1, 0.15) is 17.5 Å². The Kier molecular flexibility index (Phi) is 6.59. The number of fused-ring (bicyclic) bond motifs is 1. The first-order chi connectivity index (χ1) is 18.8. The quantitative estimate of drug-likeness (QED) is 0.465. The van der Waals surface area contributed by atoms with E-state index in [1.54, 1.807) is 18.2 Å². The number of ether oxygens (including phenoxy) is 2. The number of alkyl halides is 5. The second-order valence-electron chi connectivity index (χ2n) is 9.46. The lowest BCUT2D eigenvalue weighted by atomic mass is 10.0. The van der Waals surface area contributed by atoms with Gasteiger partial charge >= 0.3 is 12.2 Å². The van der Waals surface area contributed by atoms with Crippen molar-refractivity contribution < 1.29 is 36.2 Å². The third-order valence-electron chi connectivity index (χ3n) is 6.96. The molecular weight excluding hydrogens is 541 g/mol. The lowest BCUT2D eigenvalue weighted by Gasteiger charge is -2.23. The van der Waals surface area contributed by atoms with Crippen LogP contribution in [0.3, 0.4) is 0 Å². The van der Waals surface area contributed by atoms with E-state index in [1.165, 1.54) is 19.1 Å². The number of benzene rings is 2. The van der Waals surface area contributed by atoms with Gasteiger partial charge in [0.15, 0.2) is 0 Å². The van der Waals surface area contributed by atoms with Crippen molar-refractivity contribution in [1.29, 1.82) is 0 Å². The average Bonchev–Trinajstić information content (AvgIpc) is 3.51. The Balaban J connectivity index is 1.80. The Morgan fingerprint density at radius 3 is 2.27 bits per heavy atom. The number of urea groups is 1. The molecular formula is C26H24F5N5O4. The Labute approximate surface area is 224 Å². The maximum atomic E-state index is 14.2. The normalized spacial score (nSPS) is 16.3. The lowest BCUT2D eigenvalue weighted by molar-refractivity contribution is -0.137. The predicted molar refractivity (Wildman–Crippen MR) is 136 cm³/mol. The number of nitrogens with zero attached hydrogens (tertiary/aromatic N) is 4. The predicted octanol–water partition coefficient (Wildman–Crippen LogP) is 4.22. The van der Waals surface area contributed by atoms with E-state index < -0.39 is 47.9 Å². The Morgan fingerprint density at radius 1 is 1.05 bits per heavy atom. The third-order valence-corrected chi connectivity index (χ3v) is 6.96. The van der Waals surface area contributed by atoms with Gasteiger partial charge in [-0.25, -0.2) is 13.6 Å². The van der Waals surface area contributed by atoms with Gasteiger partial charge < -0.3 is 20.1 Å². The average molecular weight is 565 g/mol. The van der Waals surface area contributed by atoms with E-state index in [0.29, 0.717) is 27.3 Å². The van der Waals surface area contributed by atoms with Gasteiger partial charge in [-0.2, -0.15) is 23.0 Å². The van der Waals surface area contributed by atoms with Crippen LogP contribution in [0.2, 0.25) is 0 Å². The highest BCUT2D eigenvalue weighted by molar-refractivity contribution is 5.94. The van der Waals surface area contributed by atoms with Gasteiger partial charge in [-0.3, -0.25) is 9.69 Å². The standard InChI is InChI=1S/C26H24F5N5O4/c1-39-16-9-14(10-17(12-16)40-2)21-18-5-7-35(24(32)38)22(18)23(37)36(33-21)20-11-15(3-4-19(20)26(29,30)31)34-8-6-25(27,28)13-34/h3-4,9-12H,5-8,13H2,1-2H3,(H2,32,38). The minimum atomic E-state index is -4.92. The molecule has 3 heterocycles. The second-order valence-corrected chi connectivity index (χ2v) is 9.46. The molecule has 9 nitrogen and oxygen atoms in total. The van der Waals surface area contributed by atoms with Crippen molar-refractivity contribution in [3.8, 4) is 28.4 Å². The molecule has 1 saturated heterocycles. The topological polar surface area (TPSA) is 103 Å². The molecule has 212 valence electrons. The van der Waals surface area contributed by atoms with Crippen LogP contribution in [-0.2, 0) is 12.6 Å². The second kappa shape index (κ2) is 9.68. The van der Waals surface area contributed by atoms with Gasteiger partial charge in [0.05, 0.1) is 37.7 Å². The molecule has 0 saturated carbocycles. The van der Waals surface area contributed by atoms with E-state index in [2.05, 4.69) is 5.10 Å². The van der Waals surface area contributed by atoms with Crippen molar-refractivity contribution >= 4 is 17.4 Å². The molecule has 0 spiro atoms. The zero-order valence-electron chi connectivity index (χ0n) is 21.4. The van der Waals surface area contributed by atoms with Crippen molar-refractivity contribution in [2.45, 2.75) is 24.9 Å². The summed E-state index contributed by atoms with van der Waals surface area (Å²) in [6.07, 6.45) is -5.23. The molecule has 2 aliphatic heterocycles. The molecule has 1 aromatic heterocycles. The first-order valence-corrected chi connectivity index (χ1v) is 12.1. The third kappa shape index (κ3) is 4.77. The fourth-order valence-corrected chi connectivity index (χ4v) is 5.05. The molecule has 0 aliphatic carbocycles. The molecule has 0 radical (unpaired) electrons. The Bertz CT molecular complexity index is 1530. The minimum Gasteiger partial charge on any atom is -0.497 e. The van der Waals surface area contributed by atoms with Gasteiger partial charge in [0.2, 0.25) is 0 Å². The number of hydrogen-bond donors (Lipinski definition) is 1. The number of halogens is 5. The molecule has 0 bridgehead atoms. The summed E-state index contributed by atoms with van der Waals surface area (Å²) in [5.74, 6) is -2.31. The van der Waals surface area contributed by atoms with E-state index >= 15 is 0 Å². The maximum Gasteiger partial charge on any atom is 0.418 e. The summed E-state index contributed by atoms with van der Waals surface area (Å²) in [6, 6.07) is 6.53. The van der Waals surface area contributed by atoms with Crippen molar-refractivity contribution in [3.05, 3.63) is 57.9 Å². The van der Waals surface area contributed by atoms with Crippen LogP contribution in [0.25, 0.3) is 16.9 Å². The smallest absolute Gasteiger partial charge is 0.418 e.